The Hall–Kier alpha value is -3.86. The molecule has 2 aromatic heterocycles. The average molecular weight is 565 g/mol. The van der Waals surface area contributed by atoms with Crippen LogP contribution in [0.25, 0.3) is 0 Å². The van der Waals surface area contributed by atoms with Crippen LogP contribution in [0.15, 0.2) is 53.7 Å². The summed E-state index contributed by atoms with van der Waals surface area (Å²) in [6.07, 6.45) is 5.82. The molecule has 11 heteroatoms. The molecular weight excluding hydrogens is 528 g/mol. The lowest BCUT2D eigenvalue weighted by Gasteiger charge is -2.42. The Labute approximate surface area is 238 Å². The van der Waals surface area contributed by atoms with Gasteiger partial charge >= 0.3 is 0 Å². The number of carbonyl (C=O) groups excluding carboxylic acids is 4. The zero-order chi connectivity index (χ0) is 28.5. The number of imidazole rings is 1. The van der Waals surface area contributed by atoms with Crippen molar-refractivity contribution in [1.82, 2.24) is 30.5 Å². The average Bonchev–Trinajstić information content (AvgIpc) is 3.67. The van der Waals surface area contributed by atoms with Gasteiger partial charge in [-0.05, 0) is 24.8 Å². The summed E-state index contributed by atoms with van der Waals surface area (Å²) in [5, 5.41) is 7.41. The largest absolute Gasteiger partial charge is 0.348 e. The Morgan fingerprint density at radius 2 is 1.82 bits per heavy atom. The van der Waals surface area contributed by atoms with Crippen LogP contribution in [0.2, 0.25) is 0 Å². The number of thiazole rings is 1. The summed E-state index contributed by atoms with van der Waals surface area (Å²) in [6, 6.07) is 8.07. The van der Waals surface area contributed by atoms with Gasteiger partial charge < -0.3 is 20.5 Å². The summed E-state index contributed by atoms with van der Waals surface area (Å²) in [5.41, 5.74) is 3.43. The molecule has 4 rings (SSSR count). The van der Waals surface area contributed by atoms with Crippen LogP contribution in [0, 0.1) is 0 Å². The fraction of sp³-hybridized carbons (Fsp3) is 0.448. The van der Waals surface area contributed by atoms with E-state index in [1.165, 1.54) is 24.6 Å². The molecule has 40 heavy (non-hydrogen) atoms. The standard InChI is InChI=1S/C29H36N6O4S/c1-3-7-26(37)29(21-8-5-4-6-9-21)10-12-35(13-11-29)28(39)25(15-23-17-40-19-32-23)34-27(38)24(33-20(2)36)14-22-16-30-18-31-22/h4-6,8-9,16-19,24-25H,3,7,10-15H2,1-2H3,(H,30,31)(H,33,36)(H,34,38)/t24-,25+/m0/s1. The monoisotopic (exact) mass is 564 g/mol. The number of nitrogens with one attached hydrogen (secondary N) is 3. The lowest BCUT2D eigenvalue weighted by Crippen LogP contribution is -2.57. The van der Waals surface area contributed by atoms with E-state index in [0.29, 0.717) is 43.7 Å². The maximum absolute atomic E-state index is 13.9. The number of H-pyrrole nitrogens is 1. The van der Waals surface area contributed by atoms with E-state index in [2.05, 4.69) is 25.6 Å². The second-order valence-corrected chi connectivity index (χ2v) is 10.9. The highest BCUT2D eigenvalue weighted by Gasteiger charge is 2.43. The molecule has 0 saturated carbocycles. The van der Waals surface area contributed by atoms with E-state index < -0.39 is 23.4 Å². The van der Waals surface area contributed by atoms with Crippen LogP contribution in [0.5, 0.6) is 0 Å². The molecule has 0 radical (unpaired) electrons. The molecule has 0 bridgehead atoms. The van der Waals surface area contributed by atoms with E-state index >= 15 is 0 Å². The molecule has 3 N–H and O–H groups in total. The van der Waals surface area contributed by atoms with Gasteiger partial charge in [-0.1, -0.05) is 37.3 Å². The van der Waals surface area contributed by atoms with E-state index in [1.54, 1.807) is 16.6 Å². The Balaban J connectivity index is 1.51. The molecule has 3 aromatic rings. The van der Waals surface area contributed by atoms with Gasteiger partial charge in [-0.2, -0.15) is 0 Å². The SMILES string of the molecule is CCCC(=O)C1(c2ccccc2)CCN(C(=O)[C@@H](Cc2cscn2)NC(=O)[C@H](Cc2cnc[nH]2)NC(C)=O)CC1. The van der Waals surface area contributed by atoms with E-state index in [-0.39, 0.29) is 30.4 Å². The predicted octanol–water partition coefficient (Wildman–Crippen LogP) is 2.57. The lowest BCUT2D eigenvalue weighted by molar-refractivity contribution is -0.140. The Morgan fingerprint density at radius 3 is 2.42 bits per heavy atom. The highest BCUT2D eigenvalue weighted by atomic mass is 32.1. The van der Waals surface area contributed by atoms with Gasteiger partial charge in [-0.3, -0.25) is 19.2 Å². The first-order chi connectivity index (χ1) is 19.3. The predicted molar refractivity (Wildman–Crippen MR) is 151 cm³/mol. The van der Waals surface area contributed by atoms with Gasteiger partial charge in [-0.25, -0.2) is 9.97 Å². The van der Waals surface area contributed by atoms with Gasteiger partial charge in [0.15, 0.2) is 0 Å². The normalized spacial score (nSPS) is 16.1. The zero-order valence-electron chi connectivity index (χ0n) is 22.9. The van der Waals surface area contributed by atoms with E-state index in [1.807, 2.05) is 42.6 Å². The van der Waals surface area contributed by atoms with Crippen LogP contribution in [-0.4, -0.2) is 68.5 Å². The molecule has 1 fully saturated rings. The summed E-state index contributed by atoms with van der Waals surface area (Å²) >= 11 is 1.42. The first-order valence-corrected chi connectivity index (χ1v) is 14.6. The summed E-state index contributed by atoms with van der Waals surface area (Å²) < 4.78 is 0. The number of carbonyl (C=O) groups is 4. The third-order valence-corrected chi connectivity index (χ3v) is 8.09. The number of hydrogen-bond acceptors (Lipinski definition) is 7. The number of aromatic nitrogens is 3. The van der Waals surface area contributed by atoms with Crippen molar-refractivity contribution in [2.45, 2.75) is 69.9 Å². The van der Waals surface area contributed by atoms with Crippen LogP contribution in [-0.2, 0) is 37.4 Å². The molecule has 3 heterocycles. The number of rotatable bonds is 12. The van der Waals surface area contributed by atoms with Crippen LogP contribution < -0.4 is 10.6 Å². The van der Waals surface area contributed by atoms with Crippen LogP contribution in [0.4, 0.5) is 0 Å². The first-order valence-electron chi connectivity index (χ1n) is 13.6. The summed E-state index contributed by atoms with van der Waals surface area (Å²) in [7, 11) is 0. The Bertz CT molecular complexity index is 1270. The minimum absolute atomic E-state index is 0.200. The topological polar surface area (TPSA) is 137 Å². The molecule has 0 unspecified atom stereocenters. The van der Waals surface area contributed by atoms with E-state index in [4.69, 9.17) is 0 Å². The highest BCUT2D eigenvalue weighted by molar-refractivity contribution is 7.07. The van der Waals surface area contributed by atoms with Crippen molar-refractivity contribution in [3.63, 3.8) is 0 Å². The fourth-order valence-electron chi connectivity index (χ4n) is 5.37. The van der Waals surface area contributed by atoms with Gasteiger partial charge in [-0.15, -0.1) is 11.3 Å². The van der Waals surface area contributed by atoms with Crippen molar-refractivity contribution in [2.24, 2.45) is 0 Å². The van der Waals surface area contributed by atoms with Gasteiger partial charge in [0.05, 0.1) is 22.9 Å². The van der Waals surface area contributed by atoms with Crippen molar-refractivity contribution in [2.75, 3.05) is 13.1 Å². The fourth-order valence-corrected chi connectivity index (χ4v) is 5.94. The van der Waals surface area contributed by atoms with Gasteiger partial charge in [0, 0.05) is 56.5 Å². The molecule has 212 valence electrons. The number of ketones is 1. The van der Waals surface area contributed by atoms with Crippen molar-refractivity contribution in [1.29, 1.82) is 0 Å². The molecule has 1 aliphatic heterocycles. The summed E-state index contributed by atoms with van der Waals surface area (Å²) in [6.45, 7) is 4.14. The Morgan fingerprint density at radius 1 is 1.07 bits per heavy atom. The number of likely N-dealkylation sites (tertiary alicyclic amines) is 1. The zero-order valence-corrected chi connectivity index (χ0v) is 23.7. The van der Waals surface area contributed by atoms with Crippen molar-refractivity contribution < 1.29 is 19.2 Å². The van der Waals surface area contributed by atoms with Crippen LogP contribution in [0.3, 0.4) is 0 Å². The lowest BCUT2D eigenvalue weighted by atomic mass is 9.68. The van der Waals surface area contributed by atoms with Gasteiger partial charge in [0.2, 0.25) is 17.7 Å². The third-order valence-electron chi connectivity index (χ3n) is 7.45. The summed E-state index contributed by atoms with van der Waals surface area (Å²) in [4.78, 5) is 65.5. The number of aromatic amines is 1. The maximum atomic E-state index is 13.9. The number of hydrogen-bond donors (Lipinski definition) is 3. The molecular formula is C29H36N6O4S. The number of benzene rings is 1. The number of Topliss-reactive ketones (excluding diaryl/α,β-unsaturated/α-hetero) is 1. The smallest absolute Gasteiger partial charge is 0.245 e. The van der Waals surface area contributed by atoms with E-state index in [9.17, 15) is 19.2 Å². The maximum Gasteiger partial charge on any atom is 0.245 e. The third kappa shape index (κ3) is 7.01. The molecule has 10 nitrogen and oxygen atoms in total. The molecule has 1 saturated heterocycles. The van der Waals surface area contributed by atoms with E-state index in [0.717, 1.165) is 12.0 Å². The number of piperidine rings is 1. The molecule has 1 aliphatic rings. The highest BCUT2D eigenvalue weighted by Crippen LogP contribution is 2.38. The molecule has 0 aliphatic carbocycles. The molecule has 0 spiro atoms. The van der Waals surface area contributed by atoms with Crippen molar-refractivity contribution >= 4 is 34.8 Å². The van der Waals surface area contributed by atoms with Crippen molar-refractivity contribution in [3.8, 4) is 0 Å². The summed E-state index contributed by atoms with van der Waals surface area (Å²) in [5.74, 6) is -0.842. The minimum atomic E-state index is -0.887. The second-order valence-electron chi connectivity index (χ2n) is 10.2. The van der Waals surface area contributed by atoms with Crippen molar-refractivity contribution in [3.05, 3.63) is 70.7 Å². The number of nitrogens with zero attached hydrogens (tertiary/aromatic N) is 3. The Kier molecular flexibility index (Phi) is 9.81. The molecule has 2 atom stereocenters. The molecule has 1 aromatic carbocycles. The van der Waals surface area contributed by atoms with Gasteiger partial charge in [0.25, 0.3) is 0 Å². The quantitative estimate of drug-likeness (QED) is 0.309. The molecule has 3 amide bonds. The van der Waals surface area contributed by atoms with Crippen LogP contribution in [0.1, 0.15) is 56.5 Å². The first kappa shape index (κ1) is 29.1. The van der Waals surface area contributed by atoms with Gasteiger partial charge in [0.1, 0.15) is 17.9 Å². The minimum Gasteiger partial charge on any atom is -0.348 e. The second kappa shape index (κ2) is 13.5. The number of amides is 3. The van der Waals surface area contributed by atoms with Crippen LogP contribution >= 0.6 is 11.3 Å².